The van der Waals surface area contributed by atoms with Crippen molar-refractivity contribution >= 4 is 23.1 Å². The van der Waals surface area contributed by atoms with Crippen molar-refractivity contribution in [3.05, 3.63) is 76.3 Å². The van der Waals surface area contributed by atoms with Gasteiger partial charge in [-0.1, -0.05) is 53.7 Å². The Morgan fingerprint density at radius 1 is 1.26 bits per heavy atom. The van der Waals surface area contributed by atoms with E-state index in [-0.39, 0.29) is 0 Å². The van der Waals surface area contributed by atoms with Gasteiger partial charge in [0, 0.05) is 23.6 Å². The summed E-state index contributed by atoms with van der Waals surface area (Å²) in [5, 5.41) is 11.8. The summed E-state index contributed by atoms with van der Waals surface area (Å²) in [6.45, 7) is 6.72. The van der Waals surface area contributed by atoms with Gasteiger partial charge in [-0.3, -0.25) is 0 Å². The molecule has 3 nitrogen and oxygen atoms in total. The molecule has 1 aromatic carbocycles. The number of benzene rings is 1. The van der Waals surface area contributed by atoms with Crippen LogP contribution in [0, 0.1) is 6.92 Å². The van der Waals surface area contributed by atoms with Crippen molar-refractivity contribution in [2.45, 2.75) is 30.8 Å². The van der Waals surface area contributed by atoms with Crippen molar-refractivity contribution in [1.82, 2.24) is 14.8 Å². The highest BCUT2D eigenvalue weighted by molar-refractivity contribution is 7.98. The summed E-state index contributed by atoms with van der Waals surface area (Å²) in [6, 6.07) is 12.8. The van der Waals surface area contributed by atoms with Crippen molar-refractivity contribution in [3.63, 3.8) is 0 Å². The number of allylic oxidation sites excluding steroid dienone is 1. The fourth-order valence-corrected chi connectivity index (χ4v) is 4.00. The minimum Gasteiger partial charge on any atom is -0.302 e. The van der Waals surface area contributed by atoms with E-state index in [1.165, 1.54) is 16.0 Å². The largest absolute Gasteiger partial charge is 0.302 e. The minimum atomic E-state index is 0.740. The van der Waals surface area contributed by atoms with Crippen molar-refractivity contribution in [1.29, 1.82) is 0 Å². The Bertz CT molecular complexity index is 775. The average molecular weight is 342 g/mol. The van der Waals surface area contributed by atoms with Crippen LogP contribution in [0.15, 0.2) is 59.6 Å². The smallest absolute Gasteiger partial charge is 0.191 e. The van der Waals surface area contributed by atoms with E-state index in [0.717, 1.165) is 29.7 Å². The Kier molecular flexibility index (Phi) is 5.31. The maximum Gasteiger partial charge on any atom is 0.191 e. The molecule has 2 aromatic heterocycles. The zero-order chi connectivity index (χ0) is 16.1. The van der Waals surface area contributed by atoms with Gasteiger partial charge in [-0.2, -0.15) is 0 Å². The Hall–Kier alpha value is -1.85. The van der Waals surface area contributed by atoms with Crippen LogP contribution in [0.25, 0.3) is 0 Å². The maximum atomic E-state index is 4.39. The van der Waals surface area contributed by atoms with Crippen molar-refractivity contribution in [2.75, 3.05) is 0 Å². The fraction of sp³-hybridized carbons (Fsp3) is 0.222. The lowest BCUT2D eigenvalue weighted by molar-refractivity contribution is 0.692. The second-order valence-electron chi connectivity index (χ2n) is 5.33. The van der Waals surface area contributed by atoms with Crippen LogP contribution in [0.5, 0.6) is 0 Å². The summed E-state index contributed by atoms with van der Waals surface area (Å²) >= 11 is 3.48. The summed E-state index contributed by atoms with van der Waals surface area (Å²) in [5.41, 5.74) is 2.59. The van der Waals surface area contributed by atoms with Gasteiger partial charge < -0.3 is 4.57 Å². The van der Waals surface area contributed by atoms with E-state index in [0.29, 0.717) is 0 Å². The van der Waals surface area contributed by atoms with E-state index in [9.17, 15) is 0 Å². The molecular formula is C18H19N3S2. The molecule has 23 heavy (non-hydrogen) atoms. The lowest BCUT2D eigenvalue weighted by atomic mass is 10.2. The number of rotatable bonds is 7. The van der Waals surface area contributed by atoms with Crippen molar-refractivity contribution in [3.8, 4) is 0 Å². The highest BCUT2D eigenvalue weighted by Gasteiger charge is 2.12. The fourth-order valence-electron chi connectivity index (χ4n) is 2.39. The number of hydrogen-bond acceptors (Lipinski definition) is 4. The summed E-state index contributed by atoms with van der Waals surface area (Å²) in [6.07, 6.45) is 2.72. The predicted molar refractivity (Wildman–Crippen MR) is 98.1 cm³/mol. The van der Waals surface area contributed by atoms with E-state index in [1.807, 2.05) is 6.08 Å². The van der Waals surface area contributed by atoms with Crippen LogP contribution in [0.1, 0.15) is 21.8 Å². The molecule has 0 bridgehead atoms. The normalized spacial score (nSPS) is 10.8. The average Bonchev–Trinajstić information content (AvgIpc) is 3.18. The molecule has 0 amide bonds. The second kappa shape index (κ2) is 7.62. The molecule has 3 rings (SSSR count). The van der Waals surface area contributed by atoms with E-state index >= 15 is 0 Å². The summed E-state index contributed by atoms with van der Waals surface area (Å²) in [7, 11) is 0. The lowest BCUT2D eigenvalue weighted by Gasteiger charge is -2.07. The van der Waals surface area contributed by atoms with E-state index in [2.05, 4.69) is 70.0 Å². The summed E-state index contributed by atoms with van der Waals surface area (Å²) in [5.74, 6) is 1.90. The van der Waals surface area contributed by atoms with Gasteiger partial charge >= 0.3 is 0 Å². The molecule has 5 heteroatoms. The van der Waals surface area contributed by atoms with Crippen LogP contribution in [0.2, 0.25) is 0 Å². The third-order valence-corrected chi connectivity index (χ3v) is 5.38. The molecule has 0 saturated heterocycles. The molecular weight excluding hydrogens is 322 g/mol. The lowest BCUT2D eigenvalue weighted by Crippen LogP contribution is -2.04. The molecule has 0 fully saturated rings. The van der Waals surface area contributed by atoms with Gasteiger partial charge in [0.2, 0.25) is 0 Å². The SMILES string of the molecule is C=CCn1c(Cc2cccs2)nnc1SCc1cccc(C)c1. The van der Waals surface area contributed by atoms with Crippen LogP contribution in [-0.4, -0.2) is 14.8 Å². The first-order chi connectivity index (χ1) is 11.3. The molecule has 0 radical (unpaired) electrons. The molecule has 0 atom stereocenters. The number of thiophene rings is 1. The first-order valence-electron chi connectivity index (χ1n) is 7.50. The number of aromatic nitrogens is 3. The summed E-state index contributed by atoms with van der Waals surface area (Å²) in [4.78, 5) is 1.30. The zero-order valence-corrected chi connectivity index (χ0v) is 14.7. The van der Waals surface area contributed by atoms with E-state index < -0.39 is 0 Å². The second-order valence-corrected chi connectivity index (χ2v) is 7.31. The number of thioether (sulfide) groups is 1. The first-order valence-corrected chi connectivity index (χ1v) is 9.36. The van der Waals surface area contributed by atoms with Gasteiger partial charge in [0.05, 0.1) is 0 Å². The Morgan fingerprint density at radius 3 is 2.91 bits per heavy atom. The van der Waals surface area contributed by atoms with Crippen LogP contribution in [0.4, 0.5) is 0 Å². The molecule has 0 aliphatic rings. The number of nitrogens with zero attached hydrogens (tertiary/aromatic N) is 3. The molecule has 0 saturated carbocycles. The molecule has 118 valence electrons. The molecule has 0 aliphatic carbocycles. The minimum absolute atomic E-state index is 0.740. The highest BCUT2D eigenvalue weighted by atomic mass is 32.2. The van der Waals surface area contributed by atoms with Gasteiger partial charge in [-0.15, -0.1) is 28.1 Å². The van der Waals surface area contributed by atoms with Crippen molar-refractivity contribution in [2.24, 2.45) is 0 Å². The van der Waals surface area contributed by atoms with Crippen LogP contribution in [0.3, 0.4) is 0 Å². The molecule has 3 aromatic rings. The third-order valence-electron chi connectivity index (χ3n) is 3.47. The van der Waals surface area contributed by atoms with Gasteiger partial charge in [-0.25, -0.2) is 0 Å². The topological polar surface area (TPSA) is 30.7 Å². The van der Waals surface area contributed by atoms with Crippen LogP contribution in [-0.2, 0) is 18.7 Å². The number of aryl methyl sites for hydroxylation is 1. The monoisotopic (exact) mass is 341 g/mol. The molecule has 0 spiro atoms. The first kappa shape index (κ1) is 16.0. The van der Waals surface area contributed by atoms with Gasteiger partial charge in [0.15, 0.2) is 5.16 Å². The van der Waals surface area contributed by atoms with Crippen molar-refractivity contribution < 1.29 is 0 Å². The molecule has 2 heterocycles. The van der Waals surface area contributed by atoms with Gasteiger partial charge in [-0.05, 0) is 23.9 Å². The maximum absolute atomic E-state index is 4.39. The number of hydrogen-bond donors (Lipinski definition) is 0. The Balaban J connectivity index is 1.76. The standard InChI is InChI=1S/C18H19N3S2/c1-3-9-21-17(12-16-8-5-10-22-16)19-20-18(21)23-13-15-7-4-6-14(2)11-15/h3-8,10-11H,1,9,12-13H2,2H3. The van der Waals surface area contributed by atoms with Crippen LogP contribution >= 0.6 is 23.1 Å². The third kappa shape index (κ3) is 4.12. The zero-order valence-electron chi connectivity index (χ0n) is 13.1. The van der Waals surface area contributed by atoms with E-state index in [1.54, 1.807) is 23.1 Å². The highest BCUT2D eigenvalue weighted by Crippen LogP contribution is 2.24. The van der Waals surface area contributed by atoms with Gasteiger partial charge in [0.1, 0.15) is 5.82 Å². The Morgan fingerprint density at radius 2 is 2.17 bits per heavy atom. The predicted octanol–water partition coefficient (Wildman–Crippen LogP) is 4.72. The Labute approximate surface area is 145 Å². The molecule has 0 aliphatic heterocycles. The molecule has 0 unspecified atom stereocenters. The summed E-state index contributed by atoms with van der Waals surface area (Å²) < 4.78 is 2.16. The van der Waals surface area contributed by atoms with E-state index in [4.69, 9.17) is 0 Å². The van der Waals surface area contributed by atoms with Crippen LogP contribution < -0.4 is 0 Å². The quantitative estimate of drug-likeness (QED) is 0.460. The molecule has 0 N–H and O–H groups in total. The van der Waals surface area contributed by atoms with Gasteiger partial charge in [0.25, 0.3) is 0 Å².